The van der Waals surface area contributed by atoms with Crippen molar-refractivity contribution in [2.45, 2.75) is 36.3 Å². The smallest absolute Gasteiger partial charge is 0.0705 e. The van der Waals surface area contributed by atoms with E-state index in [1.165, 1.54) is 19.3 Å². The first-order valence-corrected chi connectivity index (χ1v) is 4.07. The van der Waals surface area contributed by atoms with Gasteiger partial charge in [-0.2, -0.15) is 0 Å². The molecule has 0 spiro atoms. The SMILES string of the molecule is BrC1CC2CCC1O2. The standard InChI is InChI=1S/C6H9BrO/c7-5-3-4-1-2-6(5)8-4/h4-6H,1-3H2. The average Bonchev–Trinajstić information content (AvgIpc) is 2.23. The lowest BCUT2D eigenvalue weighted by atomic mass is 10.0. The Morgan fingerprint density at radius 3 is 2.50 bits per heavy atom. The summed E-state index contributed by atoms with van der Waals surface area (Å²) in [5.74, 6) is 0. The summed E-state index contributed by atoms with van der Waals surface area (Å²) in [5.41, 5.74) is 0. The molecule has 46 valence electrons. The zero-order chi connectivity index (χ0) is 5.56. The second-order valence-corrected chi connectivity index (χ2v) is 3.80. The Labute approximate surface area is 57.5 Å². The predicted octanol–water partition coefficient (Wildman–Crippen LogP) is 1.70. The summed E-state index contributed by atoms with van der Waals surface area (Å²) in [5, 5.41) is 0. The molecule has 2 rings (SSSR count). The third-order valence-electron chi connectivity index (χ3n) is 2.03. The van der Waals surface area contributed by atoms with Gasteiger partial charge in [0, 0.05) is 4.83 Å². The fourth-order valence-corrected chi connectivity index (χ4v) is 2.38. The van der Waals surface area contributed by atoms with Gasteiger partial charge in [-0.1, -0.05) is 15.9 Å². The second-order valence-electron chi connectivity index (χ2n) is 2.63. The van der Waals surface area contributed by atoms with Crippen LogP contribution in [0.15, 0.2) is 0 Å². The summed E-state index contributed by atoms with van der Waals surface area (Å²) < 4.78 is 5.54. The number of halogens is 1. The highest BCUT2D eigenvalue weighted by Gasteiger charge is 2.38. The highest BCUT2D eigenvalue weighted by molar-refractivity contribution is 9.09. The van der Waals surface area contributed by atoms with Gasteiger partial charge in [-0.25, -0.2) is 0 Å². The zero-order valence-electron chi connectivity index (χ0n) is 4.64. The molecule has 8 heavy (non-hydrogen) atoms. The first kappa shape index (κ1) is 5.24. The van der Waals surface area contributed by atoms with Crippen LogP contribution < -0.4 is 0 Å². The molecule has 0 radical (unpaired) electrons. The van der Waals surface area contributed by atoms with Crippen molar-refractivity contribution in [2.75, 3.05) is 0 Å². The molecule has 0 N–H and O–H groups in total. The van der Waals surface area contributed by atoms with Gasteiger partial charge < -0.3 is 4.74 Å². The summed E-state index contributed by atoms with van der Waals surface area (Å²) in [6.45, 7) is 0. The van der Waals surface area contributed by atoms with Gasteiger partial charge >= 0.3 is 0 Å². The van der Waals surface area contributed by atoms with Gasteiger partial charge in [0.25, 0.3) is 0 Å². The van der Waals surface area contributed by atoms with E-state index in [2.05, 4.69) is 15.9 Å². The molecule has 2 aliphatic rings. The van der Waals surface area contributed by atoms with Crippen LogP contribution in [0.5, 0.6) is 0 Å². The van der Waals surface area contributed by atoms with Crippen molar-refractivity contribution in [3.05, 3.63) is 0 Å². The Morgan fingerprint density at radius 1 is 1.38 bits per heavy atom. The van der Waals surface area contributed by atoms with E-state index in [0.717, 1.165) is 0 Å². The minimum atomic E-state index is 0.556. The number of hydrogen-bond acceptors (Lipinski definition) is 1. The van der Waals surface area contributed by atoms with Gasteiger partial charge in [-0.05, 0) is 19.3 Å². The third-order valence-corrected chi connectivity index (χ3v) is 3.00. The summed E-state index contributed by atoms with van der Waals surface area (Å²) in [7, 11) is 0. The lowest BCUT2D eigenvalue weighted by Gasteiger charge is -2.09. The molecule has 2 heterocycles. The molecule has 0 aromatic carbocycles. The number of alkyl halides is 1. The molecular weight excluding hydrogens is 168 g/mol. The third kappa shape index (κ3) is 0.627. The van der Waals surface area contributed by atoms with Crippen LogP contribution in [0, 0.1) is 0 Å². The van der Waals surface area contributed by atoms with E-state index in [1.54, 1.807) is 0 Å². The fourth-order valence-electron chi connectivity index (χ4n) is 1.58. The normalized spacial score (nSPS) is 52.9. The molecule has 0 saturated carbocycles. The topological polar surface area (TPSA) is 9.23 Å². The van der Waals surface area contributed by atoms with Crippen molar-refractivity contribution in [3.8, 4) is 0 Å². The molecule has 3 atom stereocenters. The Hall–Kier alpha value is 0.440. The van der Waals surface area contributed by atoms with Gasteiger partial charge in [0.15, 0.2) is 0 Å². The van der Waals surface area contributed by atoms with Gasteiger partial charge in [0.2, 0.25) is 0 Å². The molecular formula is C6H9BrO. The van der Waals surface area contributed by atoms with Crippen LogP contribution in [0.4, 0.5) is 0 Å². The molecule has 0 aromatic rings. The van der Waals surface area contributed by atoms with Crippen LogP contribution in [-0.2, 0) is 4.74 Å². The first-order chi connectivity index (χ1) is 3.86. The maximum absolute atomic E-state index is 5.54. The summed E-state index contributed by atoms with van der Waals surface area (Å²) in [6, 6.07) is 0. The molecule has 2 saturated heterocycles. The van der Waals surface area contributed by atoms with Crippen LogP contribution in [0.2, 0.25) is 0 Å². The van der Waals surface area contributed by atoms with Crippen LogP contribution in [0.1, 0.15) is 19.3 Å². The van der Waals surface area contributed by atoms with E-state index < -0.39 is 0 Å². The van der Waals surface area contributed by atoms with Crippen molar-refractivity contribution in [1.82, 2.24) is 0 Å². The van der Waals surface area contributed by atoms with Crippen LogP contribution in [-0.4, -0.2) is 17.0 Å². The monoisotopic (exact) mass is 176 g/mol. The van der Waals surface area contributed by atoms with E-state index in [0.29, 0.717) is 17.0 Å². The Balaban J connectivity index is 2.11. The summed E-state index contributed by atoms with van der Waals surface area (Å²) in [6.07, 6.45) is 4.97. The van der Waals surface area contributed by atoms with Crippen molar-refractivity contribution >= 4 is 15.9 Å². The number of rotatable bonds is 0. The van der Waals surface area contributed by atoms with Crippen LogP contribution in [0.25, 0.3) is 0 Å². The minimum absolute atomic E-state index is 0.556. The predicted molar refractivity (Wildman–Crippen MR) is 35.2 cm³/mol. The van der Waals surface area contributed by atoms with Crippen molar-refractivity contribution in [1.29, 1.82) is 0 Å². The van der Waals surface area contributed by atoms with E-state index in [4.69, 9.17) is 4.74 Å². The van der Waals surface area contributed by atoms with Gasteiger partial charge in [-0.15, -0.1) is 0 Å². The van der Waals surface area contributed by atoms with Crippen molar-refractivity contribution in [2.24, 2.45) is 0 Å². The maximum Gasteiger partial charge on any atom is 0.0705 e. The molecule has 2 aliphatic heterocycles. The van der Waals surface area contributed by atoms with E-state index in [-0.39, 0.29) is 0 Å². The Bertz CT molecular complexity index is 103. The highest BCUT2D eigenvalue weighted by atomic mass is 79.9. The number of hydrogen-bond donors (Lipinski definition) is 0. The van der Waals surface area contributed by atoms with Crippen LogP contribution in [0.3, 0.4) is 0 Å². The average molecular weight is 177 g/mol. The zero-order valence-corrected chi connectivity index (χ0v) is 6.23. The van der Waals surface area contributed by atoms with Gasteiger partial charge in [0.05, 0.1) is 12.2 Å². The molecule has 2 bridgehead atoms. The number of fused-ring (bicyclic) bond motifs is 2. The quantitative estimate of drug-likeness (QED) is 0.511. The Morgan fingerprint density at radius 2 is 2.25 bits per heavy atom. The molecule has 0 aliphatic carbocycles. The maximum atomic E-state index is 5.54. The van der Waals surface area contributed by atoms with Gasteiger partial charge in [-0.3, -0.25) is 0 Å². The van der Waals surface area contributed by atoms with E-state index in [9.17, 15) is 0 Å². The highest BCUT2D eigenvalue weighted by Crippen LogP contribution is 2.37. The molecule has 2 heteroatoms. The summed E-state index contributed by atoms with van der Waals surface area (Å²) >= 11 is 3.57. The van der Waals surface area contributed by atoms with Crippen LogP contribution >= 0.6 is 15.9 Å². The summed E-state index contributed by atoms with van der Waals surface area (Å²) in [4.78, 5) is 0.668. The molecule has 0 amide bonds. The first-order valence-electron chi connectivity index (χ1n) is 3.16. The van der Waals surface area contributed by atoms with Crippen molar-refractivity contribution < 1.29 is 4.74 Å². The molecule has 1 nitrogen and oxygen atoms in total. The van der Waals surface area contributed by atoms with Crippen molar-refractivity contribution in [3.63, 3.8) is 0 Å². The van der Waals surface area contributed by atoms with E-state index in [1.807, 2.05) is 0 Å². The minimum Gasteiger partial charge on any atom is -0.374 e. The Kier molecular flexibility index (Phi) is 1.12. The fraction of sp³-hybridized carbons (Fsp3) is 1.00. The molecule has 0 aromatic heterocycles. The largest absolute Gasteiger partial charge is 0.374 e. The lowest BCUT2D eigenvalue weighted by molar-refractivity contribution is 0.106. The van der Waals surface area contributed by atoms with Gasteiger partial charge in [0.1, 0.15) is 0 Å². The van der Waals surface area contributed by atoms with E-state index >= 15 is 0 Å². The lowest BCUT2D eigenvalue weighted by Crippen LogP contribution is -2.14. The number of ether oxygens (including phenoxy) is 1. The second kappa shape index (κ2) is 1.71. The molecule has 2 fully saturated rings. The molecule has 3 unspecified atom stereocenters.